The molecule has 1 unspecified atom stereocenters. The third-order valence-electron chi connectivity index (χ3n) is 2.37. The summed E-state index contributed by atoms with van der Waals surface area (Å²) in [6.07, 6.45) is -3.29. The predicted molar refractivity (Wildman–Crippen MR) is 47.2 cm³/mol. The Kier molecular flexibility index (Phi) is 6.17. The molecule has 14 heavy (non-hydrogen) atoms. The Morgan fingerprint density at radius 2 is 1.43 bits per heavy atom. The van der Waals surface area contributed by atoms with Gasteiger partial charge in [-0.15, -0.1) is 0 Å². The maximum atomic E-state index is 9.36. The van der Waals surface area contributed by atoms with Gasteiger partial charge in [0.15, 0.2) is 6.29 Å². The first-order valence-corrected chi connectivity index (χ1v) is 4.41. The summed E-state index contributed by atoms with van der Waals surface area (Å²) in [5.41, 5.74) is -1.38. The van der Waals surface area contributed by atoms with E-state index in [0.717, 1.165) is 0 Å². The van der Waals surface area contributed by atoms with Crippen molar-refractivity contribution in [1.82, 2.24) is 0 Å². The van der Waals surface area contributed by atoms with E-state index < -0.39 is 31.0 Å². The molecule has 0 aromatic rings. The van der Waals surface area contributed by atoms with Gasteiger partial charge in [-0.25, -0.2) is 0 Å². The molecule has 0 aliphatic rings. The molecule has 0 saturated carbocycles. The van der Waals surface area contributed by atoms with Crippen LogP contribution in [0.25, 0.3) is 0 Å². The van der Waals surface area contributed by atoms with Crippen LogP contribution in [0.15, 0.2) is 0 Å². The Balaban J connectivity index is 4.50. The van der Waals surface area contributed by atoms with E-state index in [1.165, 1.54) is 0 Å². The Morgan fingerprint density at radius 3 is 1.71 bits per heavy atom. The summed E-state index contributed by atoms with van der Waals surface area (Å²) in [6.45, 7) is -1.32. The Hall–Kier alpha value is -0.240. The Bertz CT molecular complexity index is 145. The highest BCUT2D eigenvalue weighted by Gasteiger charge is 2.40. The summed E-state index contributed by atoms with van der Waals surface area (Å²) >= 11 is 0. The van der Waals surface area contributed by atoms with Crippen molar-refractivity contribution in [3.8, 4) is 0 Å². The quantitative estimate of drug-likeness (QED) is 0.256. The zero-order valence-corrected chi connectivity index (χ0v) is 7.87. The van der Waals surface area contributed by atoms with Gasteiger partial charge in [-0.3, -0.25) is 0 Å². The van der Waals surface area contributed by atoms with Crippen molar-refractivity contribution in [3.63, 3.8) is 0 Å². The van der Waals surface area contributed by atoms with Gasteiger partial charge >= 0.3 is 0 Å². The van der Waals surface area contributed by atoms with Gasteiger partial charge in [0, 0.05) is 12.0 Å². The second kappa shape index (κ2) is 6.28. The van der Waals surface area contributed by atoms with Crippen LogP contribution in [0.5, 0.6) is 0 Å². The standard InChI is InChI=1S/C8H18O6/c9-3-1-2-8(4-10,5-11)6(12)7(13)14/h6-7,9-14H,1-5H2. The minimum atomic E-state index is -2.02. The lowest BCUT2D eigenvalue weighted by Gasteiger charge is -2.35. The van der Waals surface area contributed by atoms with Gasteiger partial charge < -0.3 is 30.6 Å². The second-order valence-electron chi connectivity index (χ2n) is 3.36. The molecule has 6 N–H and O–H groups in total. The Morgan fingerprint density at radius 1 is 0.929 bits per heavy atom. The van der Waals surface area contributed by atoms with E-state index in [4.69, 9.17) is 25.5 Å². The minimum absolute atomic E-state index is 0.106. The van der Waals surface area contributed by atoms with Crippen LogP contribution < -0.4 is 0 Å². The minimum Gasteiger partial charge on any atom is -0.396 e. The van der Waals surface area contributed by atoms with Gasteiger partial charge in [0.05, 0.1) is 13.2 Å². The summed E-state index contributed by atoms with van der Waals surface area (Å²) in [5.74, 6) is 0. The number of aliphatic hydroxyl groups is 6. The zero-order valence-electron chi connectivity index (χ0n) is 7.87. The van der Waals surface area contributed by atoms with E-state index in [2.05, 4.69) is 0 Å². The maximum absolute atomic E-state index is 9.36. The van der Waals surface area contributed by atoms with Crippen molar-refractivity contribution in [3.05, 3.63) is 0 Å². The molecule has 86 valence electrons. The van der Waals surface area contributed by atoms with Crippen molar-refractivity contribution >= 4 is 0 Å². The topological polar surface area (TPSA) is 121 Å². The third kappa shape index (κ3) is 3.16. The van der Waals surface area contributed by atoms with Crippen LogP contribution in [-0.2, 0) is 0 Å². The fraction of sp³-hybridized carbons (Fsp3) is 1.00. The van der Waals surface area contributed by atoms with Crippen LogP contribution in [0.4, 0.5) is 0 Å². The van der Waals surface area contributed by atoms with Crippen LogP contribution in [0.1, 0.15) is 12.8 Å². The summed E-state index contributed by atoms with van der Waals surface area (Å²) in [7, 11) is 0. The maximum Gasteiger partial charge on any atom is 0.178 e. The smallest absolute Gasteiger partial charge is 0.178 e. The molecular formula is C8H18O6. The van der Waals surface area contributed by atoms with Crippen molar-refractivity contribution in [2.75, 3.05) is 19.8 Å². The molecule has 0 spiro atoms. The van der Waals surface area contributed by atoms with Gasteiger partial charge in [0.2, 0.25) is 0 Å². The first-order valence-electron chi connectivity index (χ1n) is 4.41. The van der Waals surface area contributed by atoms with Crippen LogP contribution in [-0.4, -0.2) is 62.9 Å². The molecule has 0 heterocycles. The summed E-state index contributed by atoms with van der Waals surface area (Å²) < 4.78 is 0. The number of hydrogen-bond donors (Lipinski definition) is 6. The monoisotopic (exact) mass is 210 g/mol. The Labute approximate surface area is 82.1 Å². The third-order valence-corrected chi connectivity index (χ3v) is 2.37. The van der Waals surface area contributed by atoms with Crippen molar-refractivity contribution < 1.29 is 30.6 Å². The fourth-order valence-corrected chi connectivity index (χ4v) is 1.29. The lowest BCUT2D eigenvalue weighted by atomic mass is 9.79. The molecule has 0 saturated heterocycles. The van der Waals surface area contributed by atoms with Gasteiger partial charge in [-0.1, -0.05) is 0 Å². The molecule has 0 aromatic carbocycles. The van der Waals surface area contributed by atoms with E-state index in [-0.39, 0.29) is 19.4 Å². The lowest BCUT2D eigenvalue weighted by Crippen LogP contribution is -2.48. The number of aliphatic hydroxyl groups excluding tert-OH is 5. The largest absolute Gasteiger partial charge is 0.396 e. The highest BCUT2D eigenvalue weighted by molar-refractivity contribution is 4.86. The SMILES string of the molecule is OCCCC(CO)(CO)C(O)C(O)O. The van der Waals surface area contributed by atoms with Crippen LogP contribution >= 0.6 is 0 Å². The van der Waals surface area contributed by atoms with E-state index in [1.54, 1.807) is 0 Å². The summed E-state index contributed by atoms with van der Waals surface area (Å²) in [6, 6.07) is 0. The number of hydrogen-bond acceptors (Lipinski definition) is 6. The van der Waals surface area contributed by atoms with Crippen LogP contribution in [0.3, 0.4) is 0 Å². The van der Waals surface area contributed by atoms with Gasteiger partial charge in [0.25, 0.3) is 0 Å². The van der Waals surface area contributed by atoms with E-state index >= 15 is 0 Å². The fourth-order valence-electron chi connectivity index (χ4n) is 1.29. The highest BCUT2D eigenvalue weighted by atomic mass is 16.5. The van der Waals surface area contributed by atoms with Crippen molar-refractivity contribution in [1.29, 1.82) is 0 Å². The summed E-state index contributed by atoms with van der Waals surface area (Å²) in [4.78, 5) is 0. The molecule has 6 heteroatoms. The highest BCUT2D eigenvalue weighted by Crippen LogP contribution is 2.28. The second-order valence-corrected chi connectivity index (χ2v) is 3.36. The molecule has 0 aliphatic heterocycles. The molecule has 0 amide bonds. The number of rotatable bonds is 7. The lowest BCUT2D eigenvalue weighted by molar-refractivity contribution is -0.187. The molecule has 0 aliphatic carbocycles. The molecule has 0 aromatic heterocycles. The van der Waals surface area contributed by atoms with Gasteiger partial charge in [0.1, 0.15) is 6.10 Å². The average molecular weight is 210 g/mol. The van der Waals surface area contributed by atoms with Crippen molar-refractivity contribution in [2.45, 2.75) is 25.2 Å². The van der Waals surface area contributed by atoms with E-state index in [9.17, 15) is 5.11 Å². The first-order chi connectivity index (χ1) is 6.54. The molecule has 0 bridgehead atoms. The molecular weight excluding hydrogens is 192 g/mol. The molecule has 6 nitrogen and oxygen atoms in total. The summed E-state index contributed by atoms with van der Waals surface area (Å²) in [5, 5.41) is 53.4. The average Bonchev–Trinajstić information content (AvgIpc) is 2.19. The molecule has 1 atom stereocenters. The van der Waals surface area contributed by atoms with Crippen LogP contribution in [0, 0.1) is 5.41 Å². The van der Waals surface area contributed by atoms with Gasteiger partial charge in [-0.05, 0) is 12.8 Å². The first kappa shape index (κ1) is 13.8. The van der Waals surface area contributed by atoms with E-state index in [1.807, 2.05) is 0 Å². The van der Waals surface area contributed by atoms with E-state index in [0.29, 0.717) is 0 Å². The molecule has 0 radical (unpaired) electrons. The van der Waals surface area contributed by atoms with Crippen LogP contribution in [0.2, 0.25) is 0 Å². The van der Waals surface area contributed by atoms with Gasteiger partial charge in [-0.2, -0.15) is 0 Å². The zero-order chi connectivity index (χ0) is 11.2. The molecule has 0 fully saturated rings. The predicted octanol–water partition coefficient (Wildman–Crippen LogP) is -2.60. The normalized spacial score (nSPS) is 14.8. The molecule has 0 rings (SSSR count). The van der Waals surface area contributed by atoms with Crippen molar-refractivity contribution in [2.24, 2.45) is 5.41 Å².